The van der Waals surface area contributed by atoms with Crippen LogP contribution in [0.3, 0.4) is 0 Å². The molecule has 0 aliphatic heterocycles. The molecule has 8 nitrogen and oxygen atoms in total. The Morgan fingerprint density at radius 2 is 1.76 bits per heavy atom. The predicted molar refractivity (Wildman–Crippen MR) is 112 cm³/mol. The van der Waals surface area contributed by atoms with Gasteiger partial charge in [0, 0.05) is 24.9 Å². The molecule has 0 radical (unpaired) electrons. The molecule has 0 amide bonds. The van der Waals surface area contributed by atoms with Crippen molar-refractivity contribution in [1.82, 2.24) is 29.5 Å². The molecule has 1 aliphatic rings. The average Bonchev–Trinajstić information content (AvgIpc) is 3.37. The summed E-state index contributed by atoms with van der Waals surface area (Å²) in [5.74, 6) is 1.43. The number of imidazole rings is 1. The molecule has 5 rings (SSSR count). The van der Waals surface area contributed by atoms with Crippen molar-refractivity contribution in [2.24, 2.45) is 0 Å². The largest absolute Gasteiger partial charge is 0.382 e. The van der Waals surface area contributed by atoms with Crippen LogP contribution in [0.5, 0.6) is 0 Å². The second kappa shape index (κ2) is 7.12. The lowest BCUT2D eigenvalue weighted by atomic mass is 10.1. The van der Waals surface area contributed by atoms with Gasteiger partial charge < -0.3 is 16.0 Å². The van der Waals surface area contributed by atoms with E-state index in [2.05, 4.69) is 30.6 Å². The molecule has 0 saturated heterocycles. The Labute approximate surface area is 168 Å². The zero-order valence-corrected chi connectivity index (χ0v) is 16.0. The molecule has 1 aliphatic carbocycles. The molecule has 1 saturated carbocycles. The Bertz CT molecular complexity index is 1140. The van der Waals surface area contributed by atoms with Gasteiger partial charge in [-0.2, -0.15) is 9.97 Å². The molecule has 29 heavy (non-hydrogen) atoms. The van der Waals surface area contributed by atoms with E-state index >= 15 is 0 Å². The Morgan fingerprint density at radius 1 is 0.931 bits per heavy atom. The van der Waals surface area contributed by atoms with Crippen LogP contribution in [0.25, 0.3) is 22.6 Å². The fourth-order valence-electron chi connectivity index (χ4n) is 4.11. The van der Waals surface area contributed by atoms with Gasteiger partial charge >= 0.3 is 0 Å². The van der Waals surface area contributed by atoms with Gasteiger partial charge in [-0.15, -0.1) is 0 Å². The summed E-state index contributed by atoms with van der Waals surface area (Å²) in [7, 11) is 0. The standard InChI is InChI=1S/C21H22N8/c22-19-18-20(28-21(23)27-19)29(14-5-1-2-6-14)17(26-18)11-13-8-9-16(25-12-13)15-7-3-4-10-24-15/h3-4,7-10,12,14H,1-2,5-6,11H2,(H4,22,23,27,28). The van der Waals surface area contributed by atoms with Gasteiger partial charge in [0.1, 0.15) is 5.82 Å². The van der Waals surface area contributed by atoms with E-state index in [1.54, 1.807) is 6.20 Å². The lowest BCUT2D eigenvalue weighted by Gasteiger charge is -2.16. The van der Waals surface area contributed by atoms with Crippen molar-refractivity contribution in [2.75, 3.05) is 11.5 Å². The third kappa shape index (κ3) is 3.26. The van der Waals surface area contributed by atoms with Gasteiger partial charge in [-0.1, -0.05) is 25.0 Å². The molecule has 0 bridgehead atoms. The molecule has 0 atom stereocenters. The van der Waals surface area contributed by atoms with E-state index in [0.29, 0.717) is 23.8 Å². The third-order valence-corrected chi connectivity index (χ3v) is 5.46. The summed E-state index contributed by atoms with van der Waals surface area (Å²) in [6.45, 7) is 0. The van der Waals surface area contributed by atoms with E-state index in [1.807, 2.05) is 30.5 Å². The number of anilines is 2. The van der Waals surface area contributed by atoms with Crippen LogP contribution in [0.4, 0.5) is 11.8 Å². The molecular formula is C21H22N8. The van der Waals surface area contributed by atoms with Gasteiger partial charge in [-0.25, -0.2) is 4.98 Å². The lowest BCUT2D eigenvalue weighted by Crippen LogP contribution is -2.11. The minimum atomic E-state index is 0.182. The maximum atomic E-state index is 6.09. The van der Waals surface area contributed by atoms with E-state index < -0.39 is 0 Å². The SMILES string of the molecule is Nc1nc(N)c2nc(Cc3ccc(-c4ccccn4)nc3)n(C3CCCC3)c2n1. The van der Waals surface area contributed by atoms with Crippen LogP contribution in [-0.2, 0) is 6.42 Å². The number of rotatable bonds is 4. The third-order valence-electron chi connectivity index (χ3n) is 5.46. The summed E-state index contributed by atoms with van der Waals surface area (Å²) in [4.78, 5) is 22.3. The van der Waals surface area contributed by atoms with Gasteiger partial charge in [-0.3, -0.25) is 9.97 Å². The number of pyridine rings is 2. The van der Waals surface area contributed by atoms with Crippen molar-refractivity contribution < 1.29 is 0 Å². The first-order valence-electron chi connectivity index (χ1n) is 9.85. The zero-order chi connectivity index (χ0) is 19.8. The van der Waals surface area contributed by atoms with Gasteiger partial charge in [0.2, 0.25) is 5.95 Å². The van der Waals surface area contributed by atoms with Gasteiger partial charge in [-0.05, 0) is 36.6 Å². The first-order valence-corrected chi connectivity index (χ1v) is 9.85. The molecule has 0 spiro atoms. The summed E-state index contributed by atoms with van der Waals surface area (Å²) in [5.41, 5.74) is 16.1. The van der Waals surface area contributed by atoms with E-state index in [9.17, 15) is 0 Å². The van der Waals surface area contributed by atoms with Gasteiger partial charge in [0.05, 0.1) is 11.4 Å². The maximum absolute atomic E-state index is 6.09. The van der Waals surface area contributed by atoms with E-state index in [4.69, 9.17) is 16.5 Å². The molecule has 146 valence electrons. The average molecular weight is 386 g/mol. The molecule has 1 fully saturated rings. The highest BCUT2D eigenvalue weighted by molar-refractivity contribution is 5.83. The summed E-state index contributed by atoms with van der Waals surface area (Å²) in [6.07, 6.45) is 8.93. The van der Waals surface area contributed by atoms with Gasteiger partial charge in [0.25, 0.3) is 0 Å². The number of fused-ring (bicyclic) bond motifs is 1. The van der Waals surface area contributed by atoms with Crippen LogP contribution in [0.1, 0.15) is 43.1 Å². The fourth-order valence-corrected chi connectivity index (χ4v) is 4.11. The first kappa shape index (κ1) is 17.5. The molecule has 4 aromatic heterocycles. The molecule has 8 heteroatoms. The Hall–Kier alpha value is -3.55. The Balaban J connectivity index is 1.53. The van der Waals surface area contributed by atoms with Crippen molar-refractivity contribution in [1.29, 1.82) is 0 Å². The second-order valence-corrected chi connectivity index (χ2v) is 7.42. The molecule has 4 aromatic rings. The summed E-state index contributed by atoms with van der Waals surface area (Å²) >= 11 is 0. The summed E-state index contributed by atoms with van der Waals surface area (Å²) in [6, 6.07) is 10.2. The lowest BCUT2D eigenvalue weighted by molar-refractivity contribution is 0.511. The van der Waals surface area contributed by atoms with Crippen LogP contribution in [0.2, 0.25) is 0 Å². The monoisotopic (exact) mass is 386 g/mol. The number of nitrogen functional groups attached to an aromatic ring is 2. The van der Waals surface area contributed by atoms with E-state index in [-0.39, 0.29) is 5.95 Å². The molecule has 0 aromatic carbocycles. The number of nitrogens with two attached hydrogens (primary N) is 2. The zero-order valence-electron chi connectivity index (χ0n) is 16.0. The van der Waals surface area contributed by atoms with Crippen LogP contribution in [-0.4, -0.2) is 29.5 Å². The first-order chi connectivity index (χ1) is 14.2. The summed E-state index contributed by atoms with van der Waals surface area (Å²) in [5, 5.41) is 0. The highest BCUT2D eigenvalue weighted by Crippen LogP contribution is 2.34. The number of aromatic nitrogens is 6. The molecule has 4 heterocycles. The van der Waals surface area contributed by atoms with Crippen molar-refractivity contribution in [3.63, 3.8) is 0 Å². The topological polar surface area (TPSA) is 121 Å². The number of hydrogen-bond acceptors (Lipinski definition) is 7. The maximum Gasteiger partial charge on any atom is 0.224 e. The minimum absolute atomic E-state index is 0.182. The summed E-state index contributed by atoms with van der Waals surface area (Å²) < 4.78 is 2.21. The van der Waals surface area contributed by atoms with E-state index in [1.165, 1.54) is 12.8 Å². The Kier molecular flexibility index (Phi) is 4.31. The minimum Gasteiger partial charge on any atom is -0.382 e. The van der Waals surface area contributed by atoms with Crippen LogP contribution in [0.15, 0.2) is 42.7 Å². The quantitative estimate of drug-likeness (QED) is 0.552. The fraction of sp³-hybridized carbons (Fsp3) is 0.286. The van der Waals surface area contributed by atoms with Crippen molar-refractivity contribution in [3.8, 4) is 11.4 Å². The van der Waals surface area contributed by atoms with Crippen LogP contribution >= 0.6 is 0 Å². The molecule has 4 N–H and O–H groups in total. The Morgan fingerprint density at radius 3 is 2.48 bits per heavy atom. The highest BCUT2D eigenvalue weighted by atomic mass is 15.2. The predicted octanol–water partition coefficient (Wildman–Crippen LogP) is 3.15. The van der Waals surface area contributed by atoms with Gasteiger partial charge in [0.15, 0.2) is 17.0 Å². The van der Waals surface area contributed by atoms with Crippen molar-refractivity contribution in [2.45, 2.75) is 38.1 Å². The van der Waals surface area contributed by atoms with E-state index in [0.717, 1.165) is 41.3 Å². The van der Waals surface area contributed by atoms with Crippen LogP contribution < -0.4 is 11.5 Å². The second-order valence-electron chi connectivity index (χ2n) is 7.42. The number of hydrogen-bond donors (Lipinski definition) is 2. The normalized spacial score (nSPS) is 14.6. The van der Waals surface area contributed by atoms with Crippen molar-refractivity contribution >= 4 is 22.9 Å². The smallest absolute Gasteiger partial charge is 0.224 e. The van der Waals surface area contributed by atoms with Crippen molar-refractivity contribution in [3.05, 3.63) is 54.1 Å². The number of nitrogens with zero attached hydrogens (tertiary/aromatic N) is 6. The molecule has 0 unspecified atom stereocenters. The molecular weight excluding hydrogens is 364 g/mol. The highest BCUT2D eigenvalue weighted by Gasteiger charge is 2.25. The van der Waals surface area contributed by atoms with Crippen LogP contribution in [0, 0.1) is 0 Å².